The highest BCUT2D eigenvalue weighted by molar-refractivity contribution is 5.76. The molecule has 0 radical (unpaired) electrons. The van der Waals surface area contributed by atoms with Gasteiger partial charge in [0.25, 0.3) is 0 Å². The first kappa shape index (κ1) is 12.0. The number of carbonyl (C=O) groups excluding carboxylic acids is 1. The van der Waals surface area contributed by atoms with Crippen molar-refractivity contribution >= 4 is 5.97 Å². The summed E-state index contributed by atoms with van der Waals surface area (Å²) in [7, 11) is 3.43. The molecule has 1 aliphatic carbocycles. The average molecular weight is 234 g/mol. The predicted molar refractivity (Wildman–Crippen MR) is 64.2 cm³/mol. The van der Waals surface area contributed by atoms with Crippen LogP contribution >= 0.6 is 0 Å². The molecular weight excluding hydrogens is 216 g/mol. The summed E-state index contributed by atoms with van der Waals surface area (Å²) in [4.78, 5) is 17.8. The number of hydrogen-bond donors (Lipinski definition) is 0. The van der Waals surface area contributed by atoms with Gasteiger partial charge in [0.2, 0.25) is 0 Å². The Balaban J connectivity index is 2.01. The summed E-state index contributed by atoms with van der Waals surface area (Å²) >= 11 is 0. The minimum atomic E-state index is -0.121. The standard InChI is InChI=1S/C13H18N2O2/c1-15(9-10-5-7-14-8-6-10)12(11-3-4-11)13(16)17-2/h5-8,11-12H,3-4,9H2,1-2H3. The molecule has 1 aliphatic rings. The van der Waals surface area contributed by atoms with Crippen LogP contribution in [0, 0.1) is 5.92 Å². The average Bonchev–Trinajstić information content (AvgIpc) is 3.15. The first-order valence-electron chi connectivity index (χ1n) is 5.89. The number of pyridine rings is 1. The second-order valence-electron chi connectivity index (χ2n) is 4.58. The van der Waals surface area contributed by atoms with E-state index in [9.17, 15) is 4.79 Å². The van der Waals surface area contributed by atoms with Crippen molar-refractivity contribution in [2.75, 3.05) is 14.2 Å². The molecule has 1 saturated carbocycles. The Morgan fingerprint density at radius 2 is 2.18 bits per heavy atom. The molecule has 1 unspecified atom stereocenters. The van der Waals surface area contributed by atoms with Gasteiger partial charge in [-0.15, -0.1) is 0 Å². The van der Waals surface area contributed by atoms with Crippen molar-refractivity contribution in [3.05, 3.63) is 30.1 Å². The molecule has 17 heavy (non-hydrogen) atoms. The highest BCUT2D eigenvalue weighted by Gasteiger charge is 2.39. The molecule has 1 aromatic heterocycles. The first-order chi connectivity index (χ1) is 8.22. The van der Waals surface area contributed by atoms with Crippen molar-refractivity contribution in [1.29, 1.82) is 0 Å². The number of likely N-dealkylation sites (N-methyl/N-ethyl adjacent to an activating group) is 1. The van der Waals surface area contributed by atoms with Gasteiger partial charge in [-0.1, -0.05) is 0 Å². The van der Waals surface area contributed by atoms with Crippen LogP contribution in [0.2, 0.25) is 0 Å². The van der Waals surface area contributed by atoms with Crippen LogP contribution in [0.3, 0.4) is 0 Å². The van der Waals surface area contributed by atoms with Crippen LogP contribution in [-0.2, 0) is 16.1 Å². The van der Waals surface area contributed by atoms with Crippen molar-refractivity contribution in [2.45, 2.75) is 25.4 Å². The highest BCUT2D eigenvalue weighted by Crippen LogP contribution is 2.35. The van der Waals surface area contributed by atoms with Crippen LogP contribution in [0.15, 0.2) is 24.5 Å². The monoisotopic (exact) mass is 234 g/mol. The van der Waals surface area contributed by atoms with Gasteiger partial charge in [0.1, 0.15) is 6.04 Å². The number of carbonyl (C=O) groups is 1. The van der Waals surface area contributed by atoms with E-state index in [4.69, 9.17) is 4.74 Å². The molecule has 0 N–H and O–H groups in total. The lowest BCUT2D eigenvalue weighted by Gasteiger charge is -2.25. The van der Waals surface area contributed by atoms with Crippen LogP contribution in [0.4, 0.5) is 0 Å². The number of rotatable bonds is 5. The summed E-state index contributed by atoms with van der Waals surface area (Å²) in [5.41, 5.74) is 1.16. The molecule has 4 heteroatoms. The second kappa shape index (κ2) is 5.27. The minimum Gasteiger partial charge on any atom is -0.468 e. The van der Waals surface area contributed by atoms with E-state index in [1.165, 1.54) is 7.11 Å². The van der Waals surface area contributed by atoms with Gasteiger partial charge < -0.3 is 4.74 Å². The Kier molecular flexibility index (Phi) is 3.74. The molecule has 0 amide bonds. The maximum atomic E-state index is 11.7. The Hall–Kier alpha value is -1.42. The summed E-state index contributed by atoms with van der Waals surface area (Å²) in [5, 5.41) is 0. The summed E-state index contributed by atoms with van der Waals surface area (Å²) in [6.45, 7) is 0.749. The topological polar surface area (TPSA) is 42.4 Å². The van der Waals surface area contributed by atoms with Crippen LogP contribution in [0.1, 0.15) is 18.4 Å². The van der Waals surface area contributed by atoms with E-state index in [1.807, 2.05) is 19.2 Å². The van der Waals surface area contributed by atoms with E-state index in [-0.39, 0.29) is 12.0 Å². The van der Waals surface area contributed by atoms with Gasteiger partial charge in [0.05, 0.1) is 7.11 Å². The van der Waals surface area contributed by atoms with Gasteiger partial charge in [-0.2, -0.15) is 0 Å². The zero-order valence-corrected chi connectivity index (χ0v) is 10.3. The summed E-state index contributed by atoms with van der Waals surface area (Å²) in [5.74, 6) is 0.346. The Morgan fingerprint density at radius 1 is 1.53 bits per heavy atom. The predicted octanol–water partition coefficient (Wildman–Crippen LogP) is 1.46. The largest absolute Gasteiger partial charge is 0.468 e. The molecule has 0 aliphatic heterocycles. The summed E-state index contributed by atoms with van der Waals surface area (Å²) in [6.07, 6.45) is 5.79. The van der Waals surface area contributed by atoms with E-state index in [1.54, 1.807) is 12.4 Å². The first-order valence-corrected chi connectivity index (χ1v) is 5.89. The van der Waals surface area contributed by atoms with Crippen molar-refractivity contribution in [3.8, 4) is 0 Å². The lowest BCUT2D eigenvalue weighted by molar-refractivity contribution is -0.147. The molecule has 0 bridgehead atoms. The number of ether oxygens (including phenoxy) is 1. The van der Waals surface area contributed by atoms with E-state index in [0.29, 0.717) is 5.92 Å². The number of esters is 1. The molecule has 1 fully saturated rings. The van der Waals surface area contributed by atoms with Gasteiger partial charge in [-0.25, -0.2) is 0 Å². The third kappa shape index (κ3) is 3.03. The van der Waals surface area contributed by atoms with Crippen LogP contribution < -0.4 is 0 Å². The van der Waals surface area contributed by atoms with Gasteiger partial charge in [-0.05, 0) is 43.5 Å². The minimum absolute atomic E-state index is 0.104. The Morgan fingerprint density at radius 3 is 2.71 bits per heavy atom. The van der Waals surface area contributed by atoms with E-state index in [0.717, 1.165) is 24.9 Å². The van der Waals surface area contributed by atoms with E-state index < -0.39 is 0 Å². The molecule has 0 saturated heterocycles. The second-order valence-corrected chi connectivity index (χ2v) is 4.58. The lowest BCUT2D eigenvalue weighted by atomic mass is 10.1. The number of aromatic nitrogens is 1. The molecule has 0 spiro atoms. The van der Waals surface area contributed by atoms with Crippen LogP contribution in [-0.4, -0.2) is 36.1 Å². The number of methoxy groups -OCH3 is 1. The Bertz CT molecular complexity index is 376. The fourth-order valence-electron chi connectivity index (χ4n) is 2.14. The summed E-state index contributed by atoms with van der Waals surface area (Å²) < 4.78 is 4.88. The zero-order valence-electron chi connectivity index (χ0n) is 10.3. The quantitative estimate of drug-likeness (QED) is 0.723. The number of hydrogen-bond acceptors (Lipinski definition) is 4. The molecule has 2 rings (SSSR count). The molecule has 1 aromatic rings. The van der Waals surface area contributed by atoms with Gasteiger partial charge in [-0.3, -0.25) is 14.7 Å². The van der Waals surface area contributed by atoms with Crippen molar-refractivity contribution in [2.24, 2.45) is 5.92 Å². The third-order valence-corrected chi connectivity index (χ3v) is 3.17. The van der Waals surface area contributed by atoms with Crippen molar-refractivity contribution in [1.82, 2.24) is 9.88 Å². The smallest absolute Gasteiger partial charge is 0.323 e. The SMILES string of the molecule is COC(=O)C(C1CC1)N(C)Cc1ccncc1. The number of nitrogens with zero attached hydrogens (tertiary/aromatic N) is 2. The fraction of sp³-hybridized carbons (Fsp3) is 0.538. The molecular formula is C13H18N2O2. The Labute approximate surface area is 102 Å². The lowest BCUT2D eigenvalue weighted by Crippen LogP contribution is -2.40. The third-order valence-electron chi connectivity index (χ3n) is 3.17. The molecule has 1 heterocycles. The molecule has 92 valence electrons. The van der Waals surface area contributed by atoms with Crippen LogP contribution in [0.25, 0.3) is 0 Å². The normalized spacial score (nSPS) is 16.9. The van der Waals surface area contributed by atoms with Crippen LogP contribution in [0.5, 0.6) is 0 Å². The summed E-state index contributed by atoms with van der Waals surface area (Å²) in [6, 6.07) is 3.84. The van der Waals surface area contributed by atoms with Crippen molar-refractivity contribution in [3.63, 3.8) is 0 Å². The van der Waals surface area contributed by atoms with E-state index in [2.05, 4.69) is 9.88 Å². The van der Waals surface area contributed by atoms with E-state index >= 15 is 0 Å². The maximum absolute atomic E-state index is 11.7. The van der Waals surface area contributed by atoms with Gasteiger partial charge in [0.15, 0.2) is 0 Å². The fourth-order valence-corrected chi connectivity index (χ4v) is 2.14. The molecule has 1 atom stereocenters. The zero-order chi connectivity index (χ0) is 12.3. The molecule has 4 nitrogen and oxygen atoms in total. The van der Waals surface area contributed by atoms with Gasteiger partial charge in [0, 0.05) is 18.9 Å². The molecule has 0 aromatic carbocycles. The van der Waals surface area contributed by atoms with Crippen molar-refractivity contribution < 1.29 is 9.53 Å². The van der Waals surface area contributed by atoms with Gasteiger partial charge >= 0.3 is 5.97 Å². The highest BCUT2D eigenvalue weighted by atomic mass is 16.5. The maximum Gasteiger partial charge on any atom is 0.323 e.